The lowest BCUT2D eigenvalue weighted by molar-refractivity contribution is 0.170. The van der Waals surface area contributed by atoms with E-state index in [4.69, 9.17) is 0 Å². The first-order chi connectivity index (χ1) is 7.81. The van der Waals surface area contributed by atoms with Gasteiger partial charge in [0.2, 0.25) is 0 Å². The predicted molar refractivity (Wildman–Crippen MR) is 61.0 cm³/mol. The molecule has 1 amide bonds. The summed E-state index contributed by atoms with van der Waals surface area (Å²) in [6.45, 7) is 0.418. The second-order valence-corrected chi connectivity index (χ2v) is 3.34. The van der Waals surface area contributed by atoms with Crippen molar-refractivity contribution in [2.24, 2.45) is 0 Å². The molecule has 0 aliphatic rings. The number of nitrogens with one attached hydrogen (secondary N) is 1. The summed E-state index contributed by atoms with van der Waals surface area (Å²) in [4.78, 5) is 15.3. The van der Waals surface area contributed by atoms with Crippen molar-refractivity contribution < 1.29 is 9.53 Å². The highest BCUT2D eigenvalue weighted by Crippen LogP contribution is 2.15. The van der Waals surface area contributed by atoms with Crippen molar-refractivity contribution in [3.63, 3.8) is 0 Å². The average Bonchev–Trinajstić information content (AvgIpc) is 2.35. The minimum Gasteiger partial charge on any atom is -0.453 e. The van der Waals surface area contributed by atoms with Gasteiger partial charge in [-0.25, -0.2) is 4.79 Å². The van der Waals surface area contributed by atoms with E-state index in [2.05, 4.69) is 15.0 Å². The highest BCUT2D eigenvalue weighted by atomic mass is 16.5. The zero-order valence-electron chi connectivity index (χ0n) is 8.93. The van der Waals surface area contributed by atoms with Crippen LogP contribution in [0.2, 0.25) is 0 Å². The fourth-order valence-corrected chi connectivity index (χ4v) is 1.55. The molecular weight excluding hydrogens is 204 g/mol. The molecule has 0 radical (unpaired) electrons. The number of pyridine rings is 1. The van der Waals surface area contributed by atoms with Crippen LogP contribution in [0.3, 0.4) is 0 Å². The Morgan fingerprint density at radius 1 is 1.38 bits per heavy atom. The van der Waals surface area contributed by atoms with Gasteiger partial charge in [-0.2, -0.15) is 0 Å². The molecule has 0 saturated heterocycles. The van der Waals surface area contributed by atoms with Gasteiger partial charge in [0.05, 0.1) is 12.6 Å². The Kier molecular flexibility index (Phi) is 3.00. The molecule has 0 unspecified atom stereocenters. The predicted octanol–water partition coefficient (Wildman–Crippen LogP) is 2.09. The fourth-order valence-electron chi connectivity index (χ4n) is 1.55. The van der Waals surface area contributed by atoms with Gasteiger partial charge < -0.3 is 10.1 Å². The molecular formula is C12H12N2O2. The Hall–Kier alpha value is -2.10. The third-order valence-corrected chi connectivity index (χ3v) is 2.32. The van der Waals surface area contributed by atoms with E-state index in [0.717, 1.165) is 16.5 Å². The molecule has 4 nitrogen and oxygen atoms in total. The summed E-state index contributed by atoms with van der Waals surface area (Å²) in [7, 11) is 1.34. The number of nitrogens with zero attached hydrogens (tertiary/aromatic N) is 1. The Morgan fingerprint density at radius 2 is 2.19 bits per heavy atom. The summed E-state index contributed by atoms with van der Waals surface area (Å²) in [6.07, 6.45) is 1.30. The van der Waals surface area contributed by atoms with E-state index in [0.29, 0.717) is 6.54 Å². The summed E-state index contributed by atoms with van der Waals surface area (Å²) < 4.78 is 4.51. The van der Waals surface area contributed by atoms with Gasteiger partial charge in [-0.15, -0.1) is 0 Å². The number of amides is 1. The van der Waals surface area contributed by atoms with Crippen LogP contribution in [0.15, 0.2) is 36.5 Å². The van der Waals surface area contributed by atoms with Crippen LogP contribution in [0.25, 0.3) is 10.9 Å². The number of fused-ring (bicyclic) bond motifs is 1. The molecule has 0 aliphatic heterocycles. The summed E-state index contributed by atoms with van der Waals surface area (Å²) in [5, 5.41) is 3.70. The molecule has 0 bridgehead atoms. The standard InChI is InChI=1S/C12H12N2O2/c1-16-12(15)14-8-10-5-2-4-9-6-3-7-13-11(9)10/h2-7H,8H2,1H3,(H,14,15). The number of carbonyl (C=O) groups is 1. The van der Waals surface area contributed by atoms with Crippen molar-refractivity contribution in [1.82, 2.24) is 10.3 Å². The van der Waals surface area contributed by atoms with Gasteiger partial charge in [0.25, 0.3) is 0 Å². The molecule has 1 aromatic heterocycles. The number of aromatic nitrogens is 1. The van der Waals surface area contributed by atoms with Gasteiger partial charge in [-0.05, 0) is 11.6 Å². The first kappa shape index (κ1) is 10.4. The third-order valence-electron chi connectivity index (χ3n) is 2.32. The van der Waals surface area contributed by atoms with Gasteiger partial charge in [-0.1, -0.05) is 24.3 Å². The molecule has 82 valence electrons. The average molecular weight is 216 g/mol. The smallest absolute Gasteiger partial charge is 0.407 e. The normalized spacial score (nSPS) is 10.1. The van der Waals surface area contributed by atoms with E-state index in [1.54, 1.807) is 6.20 Å². The van der Waals surface area contributed by atoms with Gasteiger partial charge in [0.1, 0.15) is 0 Å². The van der Waals surface area contributed by atoms with E-state index >= 15 is 0 Å². The monoisotopic (exact) mass is 216 g/mol. The van der Waals surface area contributed by atoms with E-state index in [-0.39, 0.29) is 0 Å². The Labute approximate surface area is 93.3 Å². The molecule has 1 aromatic carbocycles. The number of para-hydroxylation sites is 1. The molecule has 1 N–H and O–H groups in total. The highest BCUT2D eigenvalue weighted by Gasteiger charge is 2.03. The fraction of sp³-hybridized carbons (Fsp3) is 0.167. The number of hydrogen-bond donors (Lipinski definition) is 1. The molecule has 1 heterocycles. The zero-order valence-corrected chi connectivity index (χ0v) is 8.93. The number of alkyl carbamates (subject to hydrolysis) is 1. The molecule has 0 saturated carbocycles. The molecule has 2 rings (SSSR count). The van der Waals surface area contributed by atoms with Crippen LogP contribution >= 0.6 is 0 Å². The van der Waals surface area contributed by atoms with Gasteiger partial charge in [0, 0.05) is 18.1 Å². The molecule has 2 aromatic rings. The maximum absolute atomic E-state index is 11.0. The quantitative estimate of drug-likeness (QED) is 0.836. The number of methoxy groups -OCH3 is 1. The van der Waals surface area contributed by atoms with E-state index in [1.807, 2.05) is 30.3 Å². The first-order valence-corrected chi connectivity index (χ1v) is 4.95. The molecule has 4 heteroatoms. The van der Waals surface area contributed by atoms with Crippen LogP contribution in [0.1, 0.15) is 5.56 Å². The lowest BCUT2D eigenvalue weighted by atomic mass is 10.1. The molecule has 0 aliphatic carbocycles. The van der Waals surface area contributed by atoms with Crippen LogP contribution in [0.5, 0.6) is 0 Å². The van der Waals surface area contributed by atoms with E-state index < -0.39 is 6.09 Å². The number of hydrogen-bond acceptors (Lipinski definition) is 3. The summed E-state index contributed by atoms with van der Waals surface area (Å²) in [5.74, 6) is 0. The largest absolute Gasteiger partial charge is 0.453 e. The van der Waals surface area contributed by atoms with Crippen LogP contribution < -0.4 is 5.32 Å². The lowest BCUT2D eigenvalue weighted by Gasteiger charge is -2.06. The SMILES string of the molecule is COC(=O)NCc1cccc2cccnc12. The highest BCUT2D eigenvalue weighted by molar-refractivity contribution is 5.81. The van der Waals surface area contributed by atoms with Crippen molar-refractivity contribution in [3.05, 3.63) is 42.1 Å². The van der Waals surface area contributed by atoms with Crippen molar-refractivity contribution in [2.75, 3.05) is 7.11 Å². The summed E-state index contributed by atoms with van der Waals surface area (Å²) in [5.41, 5.74) is 1.88. The Balaban J connectivity index is 2.27. The second-order valence-electron chi connectivity index (χ2n) is 3.34. The van der Waals surface area contributed by atoms with Crippen LogP contribution in [0.4, 0.5) is 4.79 Å². The Bertz CT molecular complexity index is 506. The maximum Gasteiger partial charge on any atom is 0.407 e. The van der Waals surface area contributed by atoms with Gasteiger partial charge in [-0.3, -0.25) is 4.98 Å². The number of rotatable bonds is 2. The van der Waals surface area contributed by atoms with Crippen LogP contribution in [-0.4, -0.2) is 18.2 Å². The zero-order chi connectivity index (χ0) is 11.4. The minimum absolute atomic E-state index is 0.418. The van der Waals surface area contributed by atoms with Crippen molar-refractivity contribution >= 4 is 17.0 Å². The summed E-state index contributed by atoms with van der Waals surface area (Å²) >= 11 is 0. The van der Waals surface area contributed by atoms with Gasteiger partial charge in [0.15, 0.2) is 0 Å². The third kappa shape index (κ3) is 2.11. The van der Waals surface area contributed by atoms with Crippen molar-refractivity contribution in [3.8, 4) is 0 Å². The number of benzene rings is 1. The van der Waals surface area contributed by atoms with Crippen molar-refractivity contribution in [2.45, 2.75) is 6.54 Å². The minimum atomic E-state index is -0.437. The topological polar surface area (TPSA) is 51.2 Å². The molecule has 0 spiro atoms. The van der Waals surface area contributed by atoms with Crippen molar-refractivity contribution in [1.29, 1.82) is 0 Å². The summed E-state index contributed by atoms with van der Waals surface area (Å²) in [6, 6.07) is 9.75. The molecule has 0 atom stereocenters. The number of ether oxygens (including phenoxy) is 1. The maximum atomic E-state index is 11.0. The van der Waals surface area contributed by atoms with E-state index in [9.17, 15) is 4.79 Å². The second kappa shape index (κ2) is 4.61. The van der Waals surface area contributed by atoms with Crippen LogP contribution in [-0.2, 0) is 11.3 Å². The first-order valence-electron chi connectivity index (χ1n) is 4.95. The van der Waals surface area contributed by atoms with Gasteiger partial charge >= 0.3 is 6.09 Å². The van der Waals surface area contributed by atoms with Crippen LogP contribution in [0, 0.1) is 0 Å². The van der Waals surface area contributed by atoms with E-state index in [1.165, 1.54) is 7.11 Å². The molecule has 16 heavy (non-hydrogen) atoms. The molecule has 0 fully saturated rings. The number of carbonyl (C=O) groups excluding carboxylic acids is 1. The Morgan fingerprint density at radius 3 is 3.00 bits per heavy atom. The lowest BCUT2D eigenvalue weighted by Crippen LogP contribution is -2.22.